The van der Waals surface area contributed by atoms with Crippen LogP contribution in [0.5, 0.6) is 0 Å². The van der Waals surface area contributed by atoms with Crippen molar-refractivity contribution >= 4 is 5.95 Å². The van der Waals surface area contributed by atoms with Crippen molar-refractivity contribution in [2.24, 2.45) is 0 Å². The van der Waals surface area contributed by atoms with Crippen molar-refractivity contribution < 1.29 is 4.42 Å². The van der Waals surface area contributed by atoms with E-state index in [1.807, 2.05) is 23.6 Å². The van der Waals surface area contributed by atoms with Crippen LogP contribution in [0.25, 0.3) is 11.6 Å². The molecule has 0 unspecified atom stereocenters. The molecular weight excluding hydrogens is 192 g/mol. The van der Waals surface area contributed by atoms with E-state index in [0.717, 1.165) is 30.6 Å². The summed E-state index contributed by atoms with van der Waals surface area (Å²) in [5.41, 5.74) is 0. The molecule has 0 saturated heterocycles. The van der Waals surface area contributed by atoms with Crippen molar-refractivity contribution in [3.8, 4) is 11.6 Å². The second-order valence-electron chi connectivity index (χ2n) is 3.10. The van der Waals surface area contributed by atoms with Gasteiger partial charge in [-0.25, -0.2) is 0 Å². The summed E-state index contributed by atoms with van der Waals surface area (Å²) in [5.74, 6) is 2.29. The van der Waals surface area contributed by atoms with Gasteiger partial charge in [0.25, 0.3) is 0 Å². The fourth-order valence-electron chi connectivity index (χ4n) is 1.48. The maximum absolute atomic E-state index is 5.30. The first-order chi connectivity index (χ1) is 7.36. The number of hydrogen-bond donors (Lipinski definition) is 1. The topological polar surface area (TPSA) is 55.9 Å². The molecule has 5 nitrogen and oxygen atoms in total. The average molecular weight is 206 g/mol. The number of nitrogens with one attached hydrogen (secondary N) is 1. The number of hydrogen-bond acceptors (Lipinski definition) is 4. The third-order valence-corrected chi connectivity index (χ3v) is 2.14. The van der Waals surface area contributed by atoms with E-state index in [9.17, 15) is 0 Å². The first-order valence-electron chi connectivity index (χ1n) is 5.07. The minimum absolute atomic E-state index is 0.744. The molecule has 0 aliphatic rings. The Balaban J connectivity index is 2.40. The third kappa shape index (κ3) is 1.72. The van der Waals surface area contributed by atoms with Gasteiger partial charge in [-0.2, -0.15) is 0 Å². The van der Waals surface area contributed by atoms with Crippen LogP contribution in [0.15, 0.2) is 22.8 Å². The SMILES string of the molecule is CCNc1nnc(-c2ccco2)n1CC. The molecule has 0 radical (unpaired) electrons. The Kier molecular flexibility index (Phi) is 2.71. The van der Waals surface area contributed by atoms with Gasteiger partial charge in [0.2, 0.25) is 11.8 Å². The number of nitrogens with zero attached hydrogens (tertiary/aromatic N) is 3. The van der Waals surface area contributed by atoms with Crippen LogP contribution >= 0.6 is 0 Å². The van der Waals surface area contributed by atoms with Crippen LogP contribution in [0.4, 0.5) is 5.95 Å². The highest BCUT2D eigenvalue weighted by molar-refractivity contribution is 5.50. The molecule has 0 aliphatic carbocycles. The largest absolute Gasteiger partial charge is 0.461 e. The summed E-state index contributed by atoms with van der Waals surface area (Å²) >= 11 is 0. The first-order valence-corrected chi connectivity index (χ1v) is 5.07. The monoisotopic (exact) mass is 206 g/mol. The Morgan fingerprint density at radius 3 is 2.87 bits per heavy atom. The Morgan fingerprint density at radius 1 is 1.40 bits per heavy atom. The number of furan rings is 1. The summed E-state index contributed by atoms with van der Waals surface area (Å²) < 4.78 is 7.29. The fourth-order valence-corrected chi connectivity index (χ4v) is 1.48. The number of aromatic nitrogens is 3. The van der Waals surface area contributed by atoms with Crippen molar-refractivity contribution in [2.45, 2.75) is 20.4 Å². The molecule has 0 bridgehead atoms. The highest BCUT2D eigenvalue weighted by Gasteiger charge is 2.13. The average Bonchev–Trinajstić information content (AvgIpc) is 2.85. The zero-order valence-corrected chi connectivity index (χ0v) is 8.90. The van der Waals surface area contributed by atoms with Crippen LogP contribution in [0.3, 0.4) is 0 Å². The zero-order chi connectivity index (χ0) is 10.7. The van der Waals surface area contributed by atoms with Gasteiger partial charge in [0.15, 0.2) is 5.76 Å². The Bertz CT molecular complexity index is 419. The number of rotatable bonds is 4. The second kappa shape index (κ2) is 4.16. The minimum Gasteiger partial charge on any atom is -0.461 e. The standard InChI is InChI=1S/C10H14N4O/c1-3-11-10-13-12-9(14(10)4-2)8-6-5-7-15-8/h5-7H,3-4H2,1-2H3,(H,11,13). The first kappa shape index (κ1) is 9.76. The van der Waals surface area contributed by atoms with Crippen molar-refractivity contribution in [1.29, 1.82) is 0 Å². The summed E-state index contributed by atoms with van der Waals surface area (Å²) in [6, 6.07) is 3.73. The van der Waals surface area contributed by atoms with Gasteiger partial charge in [0.1, 0.15) is 0 Å². The normalized spacial score (nSPS) is 10.5. The minimum atomic E-state index is 0.744. The van der Waals surface area contributed by atoms with E-state index in [4.69, 9.17) is 4.42 Å². The molecule has 15 heavy (non-hydrogen) atoms. The lowest BCUT2D eigenvalue weighted by molar-refractivity contribution is 0.570. The maximum atomic E-state index is 5.30. The van der Waals surface area contributed by atoms with Crippen LogP contribution in [0.1, 0.15) is 13.8 Å². The van der Waals surface area contributed by atoms with E-state index in [1.165, 1.54) is 0 Å². The van der Waals surface area contributed by atoms with Crippen LogP contribution < -0.4 is 5.32 Å². The van der Waals surface area contributed by atoms with Gasteiger partial charge in [-0.1, -0.05) is 0 Å². The lowest BCUT2D eigenvalue weighted by atomic mass is 10.4. The highest BCUT2D eigenvalue weighted by atomic mass is 16.3. The van der Waals surface area contributed by atoms with Gasteiger partial charge in [-0.3, -0.25) is 4.57 Å². The molecule has 0 aliphatic heterocycles. The molecule has 80 valence electrons. The van der Waals surface area contributed by atoms with E-state index >= 15 is 0 Å². The molecule has 0 fully saturated rings. The Morgan fingerprint density at radius 2 is 2.27 bits per heavy atom. The summed E-state index contributed by atoms with van der Waals surface area (Å²) in [6.45, 7) is 5.72. The highest BCUT2D eigenvalue weighted by Crippen LogP contribution is 2.20. The molecule has 5 heteroatoms. The Labute approximate surface area is 88.1 Å². The van der Waals surface area contributed by atoms with Crippen LogP contribution in [-0.2, 0) is 6.54 Å². The number of anilines is 1. The van der Waals surface area contributed by atoms with E-state index in [0.29, 0.717) is 0 Å². The molecule has 0 amide bonds. The smallest absolute Gasteiger partial charge is 0.224 e. The molecule has 1 N–H and O–H groups in total. The van der Waals surface area contributed by atoms with Crippen LogP contribution in [0, 0.1) is 0 Å². The molecule has 2 rings (SSSR count). The fraction of sp³-hybridized carbons (Fsp3) is 0.400. The van der Waals surface area contributed by atoms with Gasteiger partial charge in [-0.05, 0) is 26.0 Å². The lowest BCUT2D eigenvalue weighted by Gasteiger charge is -2.05. The molecule has 0 spiro atoms. The van der Waals surface area contributed by atoms with Crippen LogP contribution in [-0.4, -0.2) is 21.3 Å². The summed E-state index contributed by atoms with van der Waals surface area (Å²) in [5, 5.41) is 11.3. The zero-order valence-electron chi connectivity index (χ0n) is 8.90. The van der Waals surface area contributed by atoms with Gasteiger partial charge in [0, 0.05) is 13.1 Å². The van der Waals surface area contributed by atoms with Crippen molar-refractivity contribution in [3.63, 3.8) is 0 Å². The second-order valence-corrected chi connectivity index (χ2v) is 3.10. The molecule has 0 saturated carbocycles. The van der Waals surface area contributed by atoms with Gasteiger partial charge in [0.05, 0.1) is 6.26 Å². The third-order valence-electron chi connectivity index (χ3n) is 2.14. The summed E-state index contributed by atoms with van der Waals surface area (Å²) in [4.78, 5) is 0. The molecule has 0 atom stereocenters. The van der Waals surface area contributed by atoms with Gasteiger partial charge >= 0.3 is 0 Å². The predicted octanol–water partition coefficient (Wildman–Crippen LogP) is 1.99. The molecule has 2 heterocycles. The van der Waals surface area contributed by atoms with Gasteiger partial charge in [-0.15, -0.1) is 10.2 Å². The van der Waals surface area contributed by atoms with Crippen molar-refractivity contribution in [1.82, 2.24) is 14.8 Å². The predicted molar refractivity (Wildman–Crippen MR) is 57.6 cm³/mol. The molecule has 2 aromatic rings. The lowest BCUT2D eigenvalue weighted by Crippen LogP contribution is -2.06. The summed E-state index contributed by atoms with van der Waals surface area (Å²) in [7, 11) is 0. The van der Waals surface area contributed by atoms with E-state index in [-0.39, 0.29) is 0 Å². The van der Waals surface area contributed by atoms with Crippen molar-refractivity contribution in [3.05, 3.63) is 18.4 Å². The Hall–Kier alpha value is -1.78. The van der Waals surface area contributed by atoms with Crippen molar-refractivity contribution in [2.75, 3.05) is 11.9 Å². The van der Waals surface area contributed by atoms with E-state index in [2.05, 4.69) is 22.4 Å². The van der Waals surface area contributed by atoms with E-state index in [1.54, 1.807) is 6.26 Å². The molecule has 0 aromatic carbocycles. The quantitative estimate of drug-likeness (QED) is 0.831. The molecular formula is C10H14N4O. The van der Waals surface area contributed by atoms with E-state index < -0.39 is 0 Å². The molecule has 2 aromatic heterocycles. The van der Waals surface area contributed by atoms with Crippen LogP contribution in [0.2, 0.25) is 0 Å². The summed E-state index contributed by atoms with van der Waals surface area (Å²) in [6.07, 6.45) is 1.64. The van der Waals surface area contributed by atoms with Gasteiger partial charge < -0.3 is 9.73 Å². The maximum Gasteiger partial charge on any atom is 0.224 e.